The lowest BCUT2D eigenvalue weighted by molar-refractivity contribution is -0.166. The topological polar surface area (TPSA) is 107 Å². The number of hydrogen-bond acceptors (Lipinski definition) is 6. The Morgan fingerprint density at radius 3 is 1.61 bits per heavy atom. The molecule has 0 aliphatic rings. The molecule has 7 nitrogen and oxygen atoms in total. The lowest BCUT2D eigenvalue weighted by Gasteiger charge is -2.38. The molecule has 0 bridgehead atoms. The summed E-state index contributed by atoms with van der Waals surface area (Å²) >= 11 is 0. The monoisotopic (exact) mass is 518 g/mol. The second-order valence-corrected chi connectivity index (χ2v) is 8.57. The molecule has 1 rings (SSSR count). The average Bonchev–Trinajstić information content (AvgIpc) is 2.72. The Morgan fingerprint density at radius 2 is 1.25 bits per heavy atom. The highest BCUT2D eigenvalue weighted by Gasteiger charge is 2.49. The van der Waals surface area contributed by atoms with Crippen LogP contribution in [0.5, 0.6) is 0 Å². The maximum absolute atomic E-state index is 12.9. The van der Waals surface area contributed by atoms with E-state index in [-0.39, 0.29) is 64.0 Å². The summed E-state index contributed by atoms with van der Waals surface area (Å²) in [5.74, 6) is -1.95. The summed E-state index contributed by atoms with van der Waals surface area (Å²) in [6, 6.07) is 9.34. The van der Waals surface area contributed by atoms with Crippen LogP contribution in [0, 0.1) is 16.2 Å². The predicted molar refractivity (Wildman–Crippen MR) is 153 cm³/mol. The molecule has 7 heteroatoms. The van der Waals surface area contributed by atoms with Crippen LogP contribution in [0.15, 0.2) is 30.3 Å². The summed E-state index contributed by atoms with van der Waals surface area (Å²) in [5.41, 5.74) is -2.37. The number of rotatable bonds is 10. The Bertz CT molecular complexity index is 716. The third-order valence-electron chi connectivity index (χ3n) is 5.36. The molecule has 36 heavy (non-hydrogen) atoms. The van der Waals surface area contributed by atoms with Gasteiger partial charge in [-0.3, -0.25) is 14.4 Å². The molecule has 0 heterocycles. The van der Waals surface area contributed by atoms with Crippen LogP contribution in [0.25, 0.3) is 0 Å². The smallest absolute Gasteiger partial charge is 0.312 e. The van der Waals surface area contributed by atoms with Crippen LogP contribution in [0.2, 0.25) is 0 Å². The van der Waals surface area contributed by atoms with E-state index in [4.69, 9.17) is 14.3 Å². The van der Waals surface area contributed by atoms with Crippen LogP contribution in [-0.4, -0.2) is 36.9 Å². The fourth-order valence-corrected chi connectivity index (χ4v) is 3.60. The van der Waals surface area contributed by atoms with Crippen molar-refractivity contribution in [2.75, 3.05) is 7.11 Å². The second kappa shape index (κ2) is 21.6. The summed E-state index contributed by atoms with van der Waals surface area (Å²) in [5, 5.41) is 9.49. The number of carboxylic acid groups (broad SMARTS) is 1. The minimum atomic E-state index is -1.15. The quantitative estimate of drug-likeness (QED) is 0.314. The molecule has 0 aromatic heterocycles. The molecule has 0 saturated carbocycles. The molecule has 216 valence electrons. The standard InChI is InChI=1S/C22H32O6.CH2O.6CH4/c1-7-21(4,19(26)28-13-16-11-9-8-10-12-16)15-22(5,18(25)27-6)14-20(2,3)17(23)24;1-2;;;;;;/h8-12H,7,13-15H2,1-6H3,(H,23,24);1H2;6*1H4. The fourth-order valence-electron chi connectivity index (χ4n) is 3.60. The summed E-state index contributed by atoms with van der Waals surface area (Å²) in [7, 11) is 1.27. The zero-order chi connectivity index (χ0) is 23.6. The van der Waals surface area contributed by atoms with Gasteiger partial charge in [-0.15, -0.1) is 0 Å². The molecule has 2 atom stereocenters. The summed E-state index contributed by atoms with van der Waals surface area (Å²) < 4.78 is 10.5. The van der Waals surface area contributed by atoms with Gasteiger partial charge < -0.3 is 19.4 Å². The van der Waals surface area contributed by atoms with Crippen molar-refractivity contribution in [1.29, 1.82) is 0 Å². The Morgan fingerprint density at radius 1 is 0.806 bits per heavy atom. The normalized spacial score (nSPS) is 12.4. The maximum atomic E-state index is 12.9. The first-order valence-electron chi connectivity index (χ1n) is 9.72. The van der Waals surface area contributed by atoms with E-state index in [0.717, 1.165) is 5.56 Å². The van der Waals surface area contributed by atoms with Crippen molar-refractivity contribution in [1.82, 2.24) is 0 Å². The summed E-state index contributed by atoms with van der Waals surface area (Å²) in [6.45, 7) is 10.5. The van der Waals surface area contributed by atoms with Gasteiger partial charge in [0.25, 0.3) is 0 Å². The summed E-state index contributed by atoms with van der Waals surface area (Å²) in [6.07, 6.45) is 0.623. The Balaban J connectivity index is -0.000000205. The SMILES string of the molecule is C.C.C.C.C.C.C=O.CCC(C)(CC(C)(CC(C)(C)C(=O)O)C(=O)OC)C(=O)OCc1ccccc1. The first kappa shape index (κ1) is 50.2. The van der Waals surface area contributed by atoms with E-state index in [2.05, 4.69) is 0 Å². The molecule has 0 fully saturated rings. The van der Waals surface area contributed by atoms with Crippen LogP contribution in [0.1, 0.15) is 104 Å². The molecular weight excluding hydrogens is 460 g/mol. The highest BCUT2D eigenvalue weighted by atomic mass is 16.5. The molecule has 0 radical (unpaired) electrons. The van der Waals surface area contributed by atoms with Gasteiger partial charge in [0.05, 0.1) is 23.4 Å². The third kappa shape index (κ3) is 14.0. The van der Waals surface area contributed by atoms with Crippen LogP contribution in [-0.2, 0) is 35.3 Å². The number of carboxylic acids is 1. The molecule has 1 N–H and O–H groups in total. The predicted octanol–water partition coefficient (Wildman–Crippen LogP) is 7.85. The first-order valence-corrected chi connectivity index (χ1v) is 9.72. The number of esters is 2. The minimum absolute atomic E-state index is 0. The van der Waals surface area contributed by atoms with E-state index in [1.165, 1.54) is 7.11 Å². The van der Waals surface area contributed by atoms with E-state index in [1.54, 1.807) is 27.7 Å². The van der Waals surface area contributed by atoms with Crippen molar-refractivity contribution in [2.24, 2.45) is 16.2 Å². The number of hydrogen-bond donors (Lipinski definition) is 1. The van der Waals surface area contributed by atoms with Crippen molar-refractivity contribution in [3.8, 4) is 0 Å². The highest BCUT2D eigenvalue weighted by Crippen LogP contribution is 2.45. The highest BCUT2D eigenvalue weighted by molar-refractivity contribution is 5.82. The first-order chi connectivity index (χ1) is 13.9. The zero-order valence-corrected chi connectivity index (χ0v) is 18.8. The Labute approximate surface area is 223 Å². The van der Waals surface area contributed by atoms with Gasteiger partial charge in [-0.1, -0.05) is 81.8 Å². The molecule has 2 unspecified atom stereocenters. The van der Waals surface area contributed by atoms with Crippen molar-refractivity contribution in [3.63, 3.8) is 0 Å². The molecule has 0 aliphatic heterocycles. The van der Waals surface area contributed by atoms with Gasteiger partial charge in [-0.25, -0.2) is 0 Å². The van der Waals surface area contributed by atoms with E-state index in [1.807, 2.05) is 44.0 Å². The van der Waals surface area contributed by atoms with Crippen LogP contribution >= 0.6 is 0 Å². The van der Waals surface area contributed by atoms with Gasteiger partial charge in [0.1, 0.15) is 13.4 Å². The summed E-state index contributed by atoms with van der Waals surface area (Å²) in [4.78, 5) is 45.0. The Hall–Kier alpha value is -2.70. The van der Waals surface area contributed by atoms with Gasteiger partial charge in [-0.05, 0) is 52.5 Å². The number of methoxy groups -OCH3 is 1. The number of carbonyl (C=O) groups excluding carboxylic acids is 3. The van der Waals surface area contributed by atoms with E-state index in [9.17, 15) is 19.5 Å². The third-order valence-corrected chi connectivity index (χ3v) is 5.36. The van der Waals surface area contributed by atoms with Gasteiger partial charge in [0.2, 0.25) is 0 Å². The molecule has 0 aliphatic carbocycles. The zero-order valence-electron chi connectivity index (χ0n) is 18.8. The van der Waals surface area contributed by atoms with E-state index >= 15 is 0 Å². The van der Waals surface area contributed by atoms with Crippen molar-refractivity contribution >= 4 is 24.7 Å². The fraction of sp³-hybridized carbons (Fsp3) is 0.655. The number of benzene rings is 1. The largest absolute Gasteiger partial charge is 0.481 e. The maximum Gasteiger partial charge on any atom is 0.312 e. The molecule has 0 spiro atoms. The van der Waals surface area contributed by atoms with Crippen LogP contribution < -0.4 is 0 Å². The van der Waals surface area contributed by atoms with Crippen molar-refractivity contribution in [3.05, 3.63) is 35.9 Å². The number of aliphatic carboxylic acids is 1. The van der Waals surface area contributed by atoms with E-state index in [0.29, 0.717) is 6.42 Å². The molecular formula is C29H58O7. The molecule has 0 saturated heterocycles. The van der Waals surface area contributed by atoms with Gasteiger partial charge >= 0.3 is 17.9 Å². The van der Waals surface area contributed by atoms with Crippen molar-refractivity contribution < 1.29 is 33.8 Å². The lowest BCUT2D eigenvalue weighted by atomic mass is 9.65. The van der Waals surface area contributed by atoms with Crippen LogP contribution in [0.4, 0.5) is 0 Å². The molecule has 1 aromatic carbocycles. The van der Waals surface area contributed by atoms with Gasteiger partial charge in [0.15, 0.2) is 0 Å². The van der Waals surface area contributed by atoms with E-state index < -0.39 is 34.2 Å². The minimum Gasteiger partial charge on any atom is -0.481 e. The number of carbonyl (C=O) groups is 4. The lowest BCUT2D eigenvalue weighted by Crippen LogP contribution is -2.43. The Kier molecular flexibility index (Phi) is 30.1. The molecule has 0 amide bonds. The second-order valence-electron chi connectivity index (χ2n) is 8.57. The number of ether oxygens (including phenoxy) is 2. The van der Waals surface area contributed by atoms with Gasteiger partial charge in [-0.2, -0.15) is 0 Å². The van der Waals surface area contributed by atoms with Crippen LogP contribution in [0.3, 0.4) is 0 Å². The van der Waals surface area contributed by atoms with Crippen molar-refractivity contribution in [2.45, 2.75) is 105 Å². The van der Waals surface area contributed by atoms with Gasteiger partial charge in [0, 0.05) is 0 Å². The average molecular weight is 519 g/mol. The molecule has 1 aromatic rings.